The predicted molar refractivity (Wildman–Crippen MR) is 257 cm³/mol. The van der Waals surface area contributed by atoms with E-state index in [4.69, 9.17) is 20.8 Å². The number of aryl methyl sites for hydroxylation is 1. The van der Waals surface area contributed by atoms with Crippen LogP contribution in [0.2, 0.25) is 0 Å². The van der Waals surface area contributed by atoms with Gasteiger partial charge in [0.1, 0.15) is 24.2 Å². The first kappa shape index (κ1) is 53.6. The molecule has 18 nitrogen and oxygen atoms in total. The Hall–Kier alpha value is -5.37. The molecule has 10 atom stereocenters. The van der Waals surface area contributed by atoms with Crippen molar-refractivity contribution < 1.29 is 48.0 Å². The molecule has 0 spiro atoms. The molecule has 1 unspecified atom stereocenters. The molecular formula is C49H73BN8O10. The number of amides is 7. The van der Waals surface area contributed by atoms with E-state index in [9.17, 15) is 38.7 Å². The van der Waals surface area contributed by atoms with Gasteiger partial charge in [-0.05, 0) is 125 Å². The standard InChI is InChI=1S/C49H73BN8O10/c1-8-9-12-31-14-16-32(17-15-31)33-18-20-34(21-19-33)44(63)53-24-22-41(61)56-36(13-10-11-23-51)45(64)58-42(29(3)59)47(66)54-28(2)43(62)57-37(27-40(52)60)46(65)55-30(4)50-67-39-26-35-25-38(48(35,5)6)49(39,7)68-50/h14-21,28-30,35-39,42,59H,8-13,22-27,51H2,1-7H3,(H2,52,60)(H,53,63)(H,54,66)(H,55,65)(H,56,61)(H,57,62)(H,58,64)/t28-,29?,30+,35+,36-,37-,38+,39-,42-,49+/m0/s1. The number of nitrogens with two attached hydrogens (primary N) is 2. The van der Waals surface area contributed by atoms with E-state index in [1.807, 2.05) is 12.1 Å². The van der Waals surface area contributed by atoms with Crippen molar-refractivity contribution in [3.63, 3.8) is 0 Å². The van der Waals surface area contributed by atoms with Gasteiger partial charge >= 0.3 is 7.12 Å². The van der Waals surface area contributed by atoms with Crippen LogP contribution in [0.15, 0.2) is 48.5 Å². The minimum absolute atomic E-state index is 0.0228. The van der Waals surface area contributed by atoms with E-state index in [1.165, 1.54) is 19.4 Å². The first-order valence-corrected chi connectivity index (χ1v) is 24.2. The van der Waals surface area contributed by atoms with E-state index in [1.54, 1.807) is 19.1 Å². The zero-order chi connectivity index (χ0) is 49.9. The fourth-order valence-electron chi connectivity index (χ4n) is 9.72. The lowest BCUT2D eigenvalue weighted by molar-refractivity contribution is -0.199. The monoisotopic (exact) mass is 945 g/mol. The Kier molecular flexibility index (Phi) is 18.7. The van der Waals surface area contributed by atoms with E-state index < -0.39 is 90.8 Å². The lowest BCUT2D eigenvalue weighted by Gasteiger charge is -2.64. The molecular weight excluding hydrogens is 871 g/mol. The first-order chi connectivity index (χ1) is 32.2. The van der Waals surface area contributed by atoms with Crippen molar-refractivity contribution in [1.29, 1.82) is 0 Å². The van der Waals surface area contributed by atoms with Crippen molar-refractivity contribution in [2.45, 2.75) is 161 Å². The molecule has 68 heavy (non-hydrogen) atoms. The molecule has 3 saturated carbocycles. The van der Waals surface area contributed by atoms with Gasteiger partial charge in [-0.2, -0.15) is 0 Å². The van der Waals surface area contributed by atoms with Gasteiger partial charge in [-0.25, -0.2) is 0 Å². The number of carbonyl (C=O) groups excluding carboxylic acids is 7. The van der Waals surface area contributed by atoms with Crippen molar-refractivity contribution in [3.8, 4) is 11.1 Å². The van der Waals surface area contributed by atoms with E-state index in [2.05, 4.69) is 83.9 Å². The number of benzene rings is 2. The molecule has 2 bridgehead atoms. The van der Waals surface area contributed by atoms with Gasteiger partial charge in [0.25, 0.3) is 5.91 Å². The van der Waals surface area contributed by atoms with Crippen LogP contribution in [0.25, 0.3) is 11.1 Å². The molecule has 1 heterocycles. The second-order valence-corrected chi connectivity index (χ2v) is 19.6. The van der Waals surface area contributed by atoms with Gasteiger partial charge in [0.2, 0.25) is 35.4 Å². The van der Waals surface area contributed by atoms with Crippen molar-refractivity contribution in [3.05, 3.63) is 59.7 Å². The Labute approximate surface area is 400 Å². The molecule has 2 aromatic carbocycles. The summed E-state index contributed by atoms with van der Waals surface area (Å²) in [4.78, 5) is 92.0. The van der Waals surface area contributed by atoms with Gasteiger partial charge in [-0.15, -0.1) is 0 Å². The molecule has 4 aliphatic rings. The largest absolute Gasteiger partial charge is 0.481 e. The summed E-state index contributed by atoms with van der Waals surface area (Å²) in [5.74, 6) is -4.89. The van der Waals surface area contributed by atoms with E-state index in [0.29, 0.717) is 36.8 Å². The number of hydrogen-bond donors (Lipinski definition) is 9. The molecule has 2 aromatic rings. The van der Waals surface area contributed by atoms with Crippen LogP contribution in [0, 0.1) is 17.3 Å². The highest BCUT2D eigenvalue weighted by atomic mass is 16.7. The molecule has 372 valence electrons. The van der Waals surface area contributed by atoms with E-state index in [-0.39, 0.29) is 36.8 Å². The summed E-state index contributed by atoms with van der Waals surface area (Å²) in [5.41, 5.74) is 14.4. The van der Waals surface area contributed by atoms with Crippen LogP contribution in [0.1, 0.15) is 122 Å². The number of rotatable bonds is 25. The minimum Gasteiger partial charge on any atom is -0.404 e. The van der Waals surface area contributed by atoms with Gasteiger partial charge < -0.3 is 57.8 Å². The molecule has 0 radical (unpaired) electrons. The SMILES string of the molecule is CCCCc1ccc(-c2ccc(C(=O)NCCC(=O)N[C@@H](CCCCN)C(=O)N[C@H](C(=O)N[C@@H](C)C(=O)N[C@@H](CC(N)=O)C(=O)N[C@H](C)B3O[C@H]4C[C@H]5C[C@H](C5(C)C)[C@@]4(C)O3)C(C)O)cc2)cc1. The lowest BCUT2D eigenvalue weighted by atomic mass is 9.43. The number of nitrogens with one attached hydrogen (secondary N) is 6. The fraction of sp³-hybridized carbons (Fsp3) is 0.612. The Morgan fingerprint density at radius 1 is 0.794 bits per heavy atom. The average molecular weight is 945 g/mol. The van der Waals surface area contributed by atoms with Crippen molar-refractivity contribution >= 4 is 48.5 Å². The van der Waals surface area contributed by atoms with Crippen LogP contribution in [0.4, 0.5) is 0 Å². The molecule has 1 aliphatic heterocycles. The highest BCUT2D eigenvalue weighted by molar-refractivity contribution is 6.47. The average Bonchev–Trinajstić information content (AvgIpc) is 3.67. The smallest absolute Gasteiger partial charge is 0.404 e. The van der Waals surface area contributed by atoms with Gasteiger partial charge in [-0.1, -0.05) is 63.6 Å². The minimum atomic E-state index is -1.57. The van der Waals surface area contributed by atoms with Crippen LogP contribution in [-0.2, 0) is 44.5 Å². The molecule has 4 fully saturated rings. The Balaban J connectivity index is 1.10. The zero-order valence-electron chi connectivity index (χ0n) is 40.7. The third kappa shape index (κ3) is 13.4. The maximum absolute atomic E-state index is 13.6. The Morgan fingerprint density at radius 2 is 1.44 bits per heavy atom. The summed E-state index contributed by atoms with van der Waals surface area (Å²) >= 11 is 0. The number of hydrogen-bond acceptors (Lipinski definition) is 11. The predicted octanol–water partition coefficient (Wildman–Crippen LogP) is 1.93. The number of aliphatic hydroxyl groups is 1. The second-order valence-electron chi connectivity index (χ2n) is 19.6. The van der Waals surface area contributed by atoms with Crippen molar-refractivity contribution in [2.24, 2.45) is 28.7 Å². The van der Waals surface area contributed by atoms with Gasteiger partial charge in [0.05, 0.1) is 30.2 Å². The molecule has 11 N–H and O–H groups in total. The molecule has 6 rings (SSSR count). The summed E-state index contributed by atoms with van der Waals surface area (Å²) in [6.07, 6.45) is 4.06. The summed E-state index contributed by atoms with van der Waals surface area (Å²) < 4.78 is 12.7. The maximum atomic E-state index is 13.6. The van der Waals surface area contributed by atoms with Crippen molar-refractivity contribution in [2.75, 3.05) is 13.1 Å². The topological polar surface area (TPSA) is 282 Å². The Bertz CT molecular complexity index is 2110. The molecule has 0 aromatic heterocycles. The summed E-state index contributed by atoms with van der Waals surface area (Å²) in [6, 6.07) is 10.1. The van der Waals surface area contributed by atoms with Crippen LogP contribution in [0.3, 0.4) is 0 Å². The molecule has 3 aliphatic carbocycles. The summed E-state index contributed by atoms with van der Waals surface area (Å²) in [7, 11) is -0.764. The number of unbranched alkanes of at least 4 members (excludes halogenated alkanes) is 2. The van der Waals surface area contributed by atoms with Gasteiger partial charge in [0.15, 0.2) is 0 Å². The Morgan fingerprint density at radius 3 is 2.04 bits per heavy atom. The third-order valence-electron chi connectivity index (χ3n) is 14.1. The first-order valence-electron chi connectivity index (χ1n) is 24.2. The molecule has 7 amide bonds. The quantitative estimate of drug-likeness (QED) is 0.0512. The van der Waals surface area contributed by atoms with Crippen LogP contribution in [0.5, 0.6) is 0 Å². The zero-order valence-corrected chi connectivity index (χ0v) is 40.7. The number of aliphatic hydroxyl groups excluding tert-OH is 1. The maximum Gasteiger partial charge on any atom is 0.481 e. The van der Waals surface area contributed by atoms with Gasteiger partial charge in [0, 0.05) is 18.5 Å². The van der Waals surface area contributed by atoms with Crippen LogP contribution >= 0.6 is 0 Å². The molecule has 1 saturated heterocycles. The molecule has 19 heteroatoms. The highest BCUT2D eigenvalue weighted by Crippen LogP contribution is 2.65. The normalized spacial score (nSPS) is 22.7. The summed E-state index contributed by atoms with van der Waals surface area (Å²) in [6.45, 7) is 13.3. The van der Waals surface area contributed by atoms with Crippen LogP contribution < -0.4 is 43.4 Å². The fourth-order valence-corrected chi connectivity index (χ4v) is 9.72. The van der Waals surface area contributed by atoms with Gasteiger partial charge in [-0.3, -0.25) is 33.6 Å². The highest BCUT2D eigenvalue weighted by Gasteiger charge is 2.68. The second kappa shape index (κ2) is 23.8. The lowest BCUT2D eigenvalue weighted by Crippen LogP contribution is -2.65. The van der Waals surface area contributed by atoms with E-state index in [0.717, 1.165) is 43.2 Å². The number of primary amides is 1. The van der Waals surface area contributed by atoms with Crippen LogP contribution in [-0.4, -0.2) is 115 Å². The van der Waals surface area contributed by atoms with Crippen molar-refractivity contribution in [1.82, 2.24) is 31.9 Å². The third-order valence-corrected chi connectivity index (χ3v) is 14.1. The van der Waals surface area contributed by atoms with E-state index >= 15 is 0 Å². The number of carbonyl (C=O) groups is 7. The summed E-state index contributed by atoms with van der Waals surface area (Å²) in [5, 5.41) is 26.2.